The molecule has 0 saturated carbocycles. The summed E-state index contributed by atoms with van der Waals surface area (Å²) in [6.07, 6.45) is 1.60. The predicted octanol–water partition coefficient (Wildman–Crippen LogP) is 2.22. The van der Waals surface area contributed by atoms with Crippen LogP contribution in [0.3, 0.4) is 0 Å². The quantitative estimate of drug-likeness (QED) is 0.785. The van der Waals surface area contributed by atoms with Crippen LogP contribution in [0.25, 0.3) is 0 Å². The molecule has 1 aromatic carbocycles. The number of carboxylic acid groups (broad SMARTS) is 1. The summed E-state index contributed by atoms with van der Waals surface area (Å²) >= 11 is 3.27. The van der Waals surface area contributed by atoms with Crippen molar-refractivity contribution in [2.75, 3.05) is 7.11 Å². The number of nitrogens with one attached hydrogen (secondary N) is 1. The SMILES string of the molecule is C=CCC(NC(=O)c1ccc(Br)cc1OC)C(=O)O. The van der Waals surface area contributed by atoms with Gasteiger partial charge in [-0.2, -0.15) is 0 Å². The molecule has 0 aliphatic heterocycles. The monoisotopic (exact) mass is 327 g/mol. The van der Waals surface area contributed by atoms with E-state index in [1.165, 1.54) is 13.2 Å². The number of rotatable bonds is 6. The summed E-state index contributed by atoms with van der Waals surface area (Å²) in [7, 11) is 1.44. The minimum atomic E-state index is -1.11. The Hall–Kier alpha value is -1.82. The fourth-order valence-electron chi connectivity index (χ4n) is 1.48. The Labute approximate surface area is 119 Å². The van der Waals surface area contributed by atoms with Gasteiger partial charge in [0, 0.05) is 4.47 Å². The van der Waals surface area contributed by atoms with Crippen molar-refractivity contribution in [3.63, 3.8) is 0 Å². The molecule has 6 heteroatoms. The summed E-state index contributed by atoms with van der Waals surface area (Å²) in [5.41, 5.74) is 0.279. The summed E-state index contributed by atoms with van der Waals surface area (Å²) in [4.78, 5) is 23.0. The number of carboxylic acids is 1. The van der Waals surface area contributed by atoms with E-state index in [-0.39, 0.29) is 12.0 Å². The highest BCUT2D eigenvalue weighted by atomic mass is 79.9. The van der Waals surface area contributed by atoms with Crippen LogP contribution in [-0.2, 0) is 4.79 Å². The maximum atomic E-state index is 12.0. The van der Waals surface area contributed by atoms with Crippen molar-refractivity contribution < 1.29 is 19.4 Å². The van der Waals surface area contributed by atoms with Crippen LogP contribution >= 0.6 is 15.9 Å². The van der Waals surface area contributed by atoms with Crippen LogP contribution < -0.4 is 10.1 Å². The Bertz CT molecular complexity index is 501. The molecular weight excluding hydrogens is 314 g/mol. The van der Waals surface area contributed by atoms with Crippen molar-refractivity contribution in [3.8, 4) is 5.75 Å². The number of halogens is 1. The van der Waals surface area contributed by atoms with Gasteiger partial charge in [0.15, 0.2) is 0 Å². The van der Waals surface area contributed by atoms with E-state index in [1.54, 1.807) is 18.2 Å². The molecule has 0 heterocycles. The molecule has 102 valence electrons. The second kappa shape index (κ2) is 6.94. The highest BCUT2D eigenvalue weighted by molar-refractivity contribution is 9.10. The third-order valence-corrected chi connectivity index (χ3v) is 2.91. The van der Waals surface area contributed by atoms with Gasteiger partial charge in [0.2, 0.25) is 0 Å². The second-order valence-electron chi connectivity index (χ2n) is 3.73. The maximum absolute atomic E-state index is 12.0. The number of aliphatic carboxylic acids is 1. The van der Waals surface area contributed by atoms with Crippen molar-refractivity contribution in [1.82, 2.24) is 5.32 Å². The van der Waals surface area contributed by atoms with Crippen LogP contribution in [0.4, 0.5) is 0 Å². The highest BCUT2D eigenvalue weighted by Gasteiger charge is 2.21. The summed E-state index contributed by atoms with van der Waals surface area (Å²) in [5, 5.41) is 11.4. The normalized spacial score (nSPS) is 11.5. The van der Waals surface area contributed by atoms with E-state index >= 15 is 0 Å². The van der Waals surface area contributed by atoms with Gasteiger partial charge in [-0.3, -0.25) is 4.79 Å². The molecule has 1 atom stereocenters. The van der Waals surface area contributed by atoms with Crippen LogP contribution in [-0.4, -0.2) is 30.1 Å². The topological polar surface area (TPSA) is 75.6 Å². The van der Waals surface area contributed by atoms with Gasteiger partial charge in [0.25, 0.3) is 5.91 Å². The molecule has 5 nitrogen and oxygen atoms in total. The van der Waals surface area contributed by atoms with Crippen LogP contribution in [0.1, 0.15) is 16.8 Å². The predicted molar refractivity (Wildman–Crippen MR) is 74.4 cm³/mol. The van der Waals surface area contributed by atoms with Crippen LogP contribution in [0.2, 0.25) is 0 Å². The average molecular weight is 328 g/mol. The number of ether oxygens (including phenoxy) is 1. The Kier molecular flexibility index (Phi) is 5.57. The van der Waals surface area contributed by atoms with Gasteiger partial charge in [-0.1, -0.05) is 22.0 Å². The first-order chi connectivity index (χ1) is 8.99. The van der Waals surface area contributed by atoms with Crippen LogP contribution in [0, 0.1) is 0 Å². The van der Waals surface area contributed by atoms with E-state index in [2.05, 4.69) is 27.8 Å². The third-order valence-electron chi connectivity index (χ3n) is 2.41. The standard InChI is InChI=1S/C13H14BrNO4/c1-3-4-10(13(17)18)15-12(16)9-6-5-8(14)7-11(9)19-2/h3,5-7,10H,1,4H2,2H3,(H,15,16)(H,17,18). The summed E-state index contributed by atoms with van der Waals surface area (Å²) < 4.78 is 5.86. The third kappa shape index (κ3) is 4.10. The molecule has 0 radical (unpaired) electrons. The van der Waals surface area contributed by atoms with Crippen molar-refractivity contribution in [2.45, 2.75) is 12.5 Å². The number of hydrogen-bond acceptors (Lipinski definition) is 3. The van der Waals surface area contributed by atoms with Gasteiger partial charge in [-0.05, 0) is 24.6 Å². The van der Waals surface area contributed by atoms with Gasteiger partial charge in [0.1, 0.15) is 11.8 Å². The highest BCUT2D eigenvalue weighted by Crippen LogP contribution is 2.23. The molecule has 0 spiro atoms. The van der Waals surface area contributed by atoms with E-state index in [9.17, 15) is 9.59 Å². The molecule has 0 saturated heterocycles. The van der Waals surface area contributed by atoms with Gasteiger partial charge in [-0.25, -0.2) is 4.79 Å². The molecule has 0 bridgehead atoms. The zero-order valence-corrected chi connectivity index (χ0v) is 11.9. The van der Waals surface area contributed by atoms with E-state index in [1.807, 2.05) is 0 Å². The van der Waals surface area contributed by atoms with Crippen molar-refractivity contribution >= 4 is 27.8 Å². The fraction of sp³-hybridized carbons (Fsp3) is 0.231. The molecule has 1 amide bonds. The summed E-state index contributed by atoms with van der Waals surface area (Å²) in [6.45, 7) is 3.46. The molecule has 0 fully saturated rings. The van der Waals surface area contributed by atoms with Gasteiger partial charge in [0.05, 0.1) is 12.7 Å². The molecule has 0 aliphatic rings. The largest absolute Gasteiger partial charge is 0.496 e. The Balaban J connectivity index is 2.93. The summed E-state index contributed by atoms with van der Waals surface area (Å²) in [6, 6.07) is 3.88. The fourth-order valence-corrected chi connectivity index (χ4v) is 1.82. The maximum Gasteiger partial charge on any atom is 0.326 e. The second-order valence-corrected chi connectivity index (χ2v) is 4.65. The lowest BCUT2D eigenvalue weighted by Gasteiger charge is -2.14. The molecule has 2 N–H and O–H groups in total. The number of hydrogen-bond donors (Lipinski definition) is 2. The molecular formula is C13H14BrNO4. The first-order valence-corrected chi connectivity index (χ1v) is 6.27. The number of benzene rings is 1. The van der Waals surface area contributed by atoms with Crippen molar-refractivity contribution in [2.24, 2.45) is 0 Å². The van der Waals surface area contributed by atoms with Gasteiger partial charge >= 0.3 is 5.97 Å². The number of carbonyl (C=O) groups excluding carboxylic acids is 1. The number of amides is 1. The van der Waals surface area contributed by atoms with Gasteiger partial charge in [-0.15, -0.1) is 6.58 Å². The molecule has 1 rings (SSSR count). The van der Waals surface area contributed by atoms with Crippen molar-refractivity contribution in [1.29, 1.82) is 0 Å². The van der Waals surface area contributed by atoms with E-state index in [0.717, 1.165) is 4.47 Å². The van der Waals surface area contributed by atoms with E-state index in [0.29, 0.717) is 5.75 Å². The first kappa shape index (κ1) is 15.2. The van der Waals surface area contributed by atoms with Crippen LogP contribution in [0.15, 0.2) is 35.3 Å². The zero-order valence-electron chi connectivity index (χ0n) is 10.4. The lowest BCUT2D eigenvalue weighted by atomic mass is 10.1. The molecule has 0 aliphatic carbocycles. The molecule has 0 aromatic heterocycles. The lowest BCUT2D eigenvalue weighted by molar-refractivity contribution is -0.139. The van der Waals surface area contributed by atoms with Gasteiger partial charge < -0.3 is 15.2 Å². The number of carbonyl (C=O) groups is 2. The molecule has 19 heavy (non-hydrogen) atoms. The minimum Gasteiger partial charge on any atom is -0.496 e. The zero-order chi connectivity index (χ0) is 14.4. The number of methoxy groups -OCH3 is 1. The minimum absolute atomic E-state index is 0.153. The Morgan fingerprint density at radius 3 is 2.79 bits per heavy atom. The lowest BCUT2D eigenvalue weighted by Crippen LogP contribution is -2.40. The van der Waals surface area contributed by atoms with Crippen LogP contribution in [0.5, 0.6) is 5.75 Å². The molecule has 1 aromatic rings. The smallest absolute Gasteiger partial charge is 0.326 e. The first-order valence-electron chi connectivity index (χ1n) is 5.47. The average Bonchev–Trinajstić information content (AvgIpc) is 2.37. The summed E-state index contributed by atoms with van der Waals surface area (Å²) in [5.74, 6) is -1.24. The Morgan fingerprint density at radius 1 is 1.58 bits per heavy atom. The van der Waals surface area contributed by atoms with Crippen molar-refractivity contribution in [3.05, 3.63) is 40.9 Å². The Morgan fingerprint density at radius 2 is 2.26 bits per heavy atom. The van der Waals surface area contributed by atoms with E-state index < -0.39 is 17.9 Å². The van der Waals surface area contributed by atoms with E-state index in [4.69, 9.17) is 9.84 Å². The molecule has 1 unspecified atom stereocenters.